The summed E-state index contributed by atoms with van der Waals surface area (Å²) in [5.74, 6) is -0.793. The van der Waals surface area contributed by atoms with Gasteiger partial charge in [0.1, 0.15) is 5.75 Å². The van der Waals surface area contributed by atoms with Crippen molar-refractivity contribution in [2.45, 2.75) is 5.75 Å². The minimum absolute atomic E-state index is 0.259. The maximum atomic E-state index is 12.0. The lowest BCUT2D eigenvalue weighted by Gasteiger charge is -1.93. The van der Waals surface area contributed by atoms with Crippen LogP contribution in [0.1, 0.15) is 5.56 Å². The number of alkyl halides is 1. The zero-order valence-electron chi connectivity index (χ0n) is 8.27. The number of amides is 1. The molecule has 0 aliphatic heterocycles. The first-order chi connectivity index (χ1) is 7.35. The molecule has 7 heteroatoms. The van der Waals surface area contributed by atoms with Crippen LogP contribution >= 0.6 is 22.6 Å². The summed E-state index contributed by atoms with van der Waals surface area (Å²) in [7, 11) is -4.38. The Kier molecular flexibility index (Phi) is 7.22. The third-order valence-corrected chi connectivity index (χ3v) is 2.74. The second kappa shape index (κ2) is 7.55. The van der Waals surface area contributed by atoms with Crippen molar-refractivity contribution < 1.29 is 17.1 Å². The summed E-state index contributed by atoms with van der Waals surface area (Å²) in [6.45, 7) is 0. The third-order valence-electron chi connectivity index (χ3n) is 1.31. The Morgan fingerprint density at radius 1 is 1.31 bits per heavy atom. The lowest BCUT2D eigenvalue weighted by Crippen LogP contribution is -2.10. The molecule has 1 aromatic rings. The summed E-state index contributed by atoms with van der Waals surface area (Å²) >= 11 is 1.90. The molecule has 0 aliphatic carbocycles. The van der Waals surface area contributed by atoms with E-state index in [0.717, 1.165) is 0 Å². The number of carbonyl (C=O) groups is 1. The lowest BCUT2D eigenvalue weighted by molar-refractivity contribution is -0.115. The molecule has 0 aliphatic rings. The Bertz CT molecular complexity index is 422. The van der Waals surface area contributed by atoms with E-state index >= 15 is 0 Å². The molecule has 2 N–H and O–H groups in total. The molecule has 0 heterocycles. The zero-order valence-corrected chi connectivity index (χ0v) is 11.2. The Morgan fingerprint density at radius 3 is 2.06 bits per heavy atom. The number of carbonyl (C=O) groups excluding carboxylic acids is 1. The molecule has 0 unspecified atom stereocenters. The molecule has 4 nitrogen and oxygen atoms in total. The van der Waals surface area contributed by atoms with Crippen LogP contribution in [0, 0.1) is 0 Å². The van der Waals surface area contributed by atoms with Gasteiger partial charge in [-0.3, -0.25) is 4.79 Å². The van der Waals surface area contributed by atoms with Crippen LogP contribution in [0.5, 0.6) is 0 Å². The number of hydrogen-bond acceptors (Lipinski definition) is 3. The van der Waals surface area contributed by atoms with Gasteiger partial charge in [-0.05, 0) is 5.56 Å². The molecule has 0 saturated heterocycles. The molecule has 1 rings (SSSR count). The molecule has 0 aromatic heterocycles. The van der Waals surface area contributed by atoms with Crippen molar-refractivity contribution in [3.63, 3.8) is 0 Å². The minimum Gasteiger partial charge on any atom is -0.369 e. The van der Waals surface area contributed by atoms with Crippen LogP contribution in [0.2, 0.25) is 0 Å². The fraction of sp³-hybridized carbons (Fsp3) is 0.222. The second-order valence-corrected chi connectivity index (χ2v) is 4.90. The van der Waals surface area contributed by atoms with Gasteiger partial charge in [-0.1, -0.05) is 52.9 Å². The fourth-order valence-corrected chi connectivity index (χ4v) is 1.36. The lowest BCUT2D eigenvalue weighted by atomic mass is 10.2. The highest BCUT2D eigenvalue weighted by Gasteiger charge is 2.06. The quantitative estimate of drug-likeness (QED) is 0.503. The van der Waals surface area contributed by atoms with Crippen LogP contribution < -0.4 is 5.73 Å². The van der Waals surface area contributed by atoms with Gasteiger partial charge in [0.2, 0.25) is 5.91 Å². The summed E-state index contributed by atoms with van der Waals surface area (Å²) < 4.78 is 32.7. The molecule has 0 atom stereocenters. The molecule has 0 bridgehead atoms. The average molecular weight is 359 g/mol. The van der Waals surface area contributed by atoms with Crippen molar-refractivity contribution in [1.82, 2.24) is 0 Å². The first-order valence-corrected chi connectivity index (χ1v) is 7.23. The summed E-state index contributed by atoms with van der Waals surface area (Å²) in [5, 5.41) is 0. The maximum absolute atomic E-state index is 12.0. The second-order valence-electron chi connectivity index (χ2n) is 2.77. The summed E-state index contributed by atoms with van der Waals surface area (Å²) in [5.41, 5.74) is 5.11. The van der Waals surface area contributed by atoms with Crippen LogP contribution in [-0.4, -0.2) is 18.8 Å². The maximum Gasteiger partial charge on any atom is 0.306 e. The summed E-state index contributed by atoms with van der Waals surface area (Å²) in [6, 6.07) is 8.21. The molecule has 0 spiro atoms. The first kappa shape index (κ1) is 15.3. The van der Waals surface area contributed by atoms with Gasteiger partial charge in [0, 0.05) is 0 Å². The van der Waals surface area contributed by atoms with Crippen molar-refractivity contribution in [3.05, 3.63) is 35.9 Å². The van der Waals surface area contributed by atoms with E-state index in [1.54, 1.807) is 30.3 Å². The topological polar surface area (TPSA) is 77.2 Å². The monoisotopic (exact) mass is 359 g/mol. The molecule has 1 amide bonds. The van der Waals surface area contributed by atoms with Crippen LogP contribution in [0.3, 0.4) is 0 Å². The van der Waals surface area contributed by atoms with Crippen LogP contribution in [0.4, 0.5) is 3.89 Å². The number of halogens is 2. The normalized spacial score (nSPS) is 10.1. The highest BCUT2D eigenvalue weighted by molar-refractivity contribution is 14.1. The van der Waals surface area contributed by atoms with E-state index in [2.05, 4.69) is 5.73 Å². The van der Waals surface area contributed by atoms with Crippen LogP contribution in [0.25, 0.3) is 0 Å². The SMILES string of the molecule is NC(=O)CI.O=S(=O)(F)Cc1ccccc1. The van der Waals surface area contributed by atoms with Crippen molar-refractivity contribution in [3.8, 4) is 0 Å². The van der Waals surface area contributed by atoms with Crippen molar-refractivity contribution >= 4 is 38.7 Å². The Morgan fingerprint density at radius 2 is 1.75 bits per heavy atom. The highest BCUT2D eigenvalue weighted by atomic mass is 127. The van der Waals surface area contributed by atoms with Gasteiger partial charge in [-0.15, -0.1) is 3.89 Å². The predicted molar refractivity (Wildman–Crippen MR) is 68.3 cm³/mol. The van der Waals surface area contributed by atoms with E-state index in [-0.39, 0.29) is 5.91 Å². The predicted octanol–water partition coefficient (Wildman–Crippen LogP) is 1.39. The number of benzene rings is 1. The number of hydrogen-bond donors (Lipinski definition) is 1. The van der Waals surface area contributed by atoms with Crippen molar-refractivity contribution in [1.29, 1.82) is 0 Å². The molecule has 0 saturated carbocycles. The Hall–Kier alpha value is -0.700. The third kappa shape index (κ3) is 9.84. The molecule has 0 radical (unpaired) electrons. The van der Waals surface area contributed by atoms with E-state index in [9.17, 15) is 17.1 Å². The molecule has 0 fully saturated rings. The van der Waals surface area contributed by atoms with E-state index in [1.807, 2.05) is 22.6 Å². The van der Waals surface area contributed by atoms with Crippen LogP contribution in [-0.2, 0) is 20.8 Å². The largest absolute Gasteiger partial charge is 0.369 e. The van der Waals surface area contributed by atoms with Gasteiger partial charge in [0.25, 0.3) is 0 Å². The van der Waals surface area contributed by atoms with E-state index in [1.165, 1.54) is 0 Å². The van der Waals surface area contributed by atoms with Gasteiger partial charge in [0.15, 0.2) is 0 Å². The number of primary amides is 1. The number of rotatable bonds is 3. The van der Waals surface area contributed by atoms with Gasteiger partial charge >= 0.3 is 10.2 Å². The van der Waals surface area contributed by atoms with Gasteiger partial charge in [-0.25, -0.2) is 0 Å². The van der Waals surface area contributed by atoms with E-state index in [0.29, 0.717) is 9.99 Å². The average Bonchev–Trinajstić information content (AvgIpc) is 2.17. The number of nitrogens with two attached hydrogens (primary N) is 1. The molecule has 16 heavy (non-hydrogen) atoms. The Labute approximate surface area is 107 Å². The summed E-state index contributed by atoms with van der Waals surface area (Å²) in [4.78, 5) is 9.58. The van der Waals surface area contributed by atoms with Gasteiger partial charge < -0.3 is 5.73 Å². The zero-order chi connectivity index (χ0) is 12.6. The van der Waals surface area contributed by atoms with E-state index in [4.69, 9.17) is 0 Å². The summed E-state index contributed by atoms with van der Waals surface area (Å²) in [6.07, 6.45) is 0. The van der Waals surface area contributed by atoms with Gasteiger partial charge in [0.05, 0.1) is 4.43 Å². The molecule has 1 aromatic carbocycles. The van der Waals surface area contributed by atoms with E-state index < -0.39 is 16.0 Å². The highest BCUT2D eigenvalue weighted by Crippen LogP contribution is 2.05. The van der Waals surface area contributed by atoms with Crippen molar-refractivity contribution in [2.24, 2.45) is 5.73 Å². The standard InChI is InChI=1S/C7H7FO2S.C2H4INO/c8-11(9,10)6-7-4-2-1-3-5-7;3-1-2(4)5/h1-5H,6H2;1H2,(H2,4,5). The molecule has 90 valence electrons. The molecular formula is C9H11FINO3S. The molecular weight excluding hydrogens is 348 g/mol. The van der Waals surface area contributed by atoms with Gasteiger partial charge in [-0.2, -0.15) is 8.42 Å². The van der Waals surface area contributed by atoms with Crippen LogP contribution in [0.15, 0.2) is 30.3 Å². The Balaban J connectivity index is 0.000000385. The first-order valence-electron chi connectivity index (χ1n) is 4.15. The minimum atomic E-state index is -4.38. The fourth-order valence-electron chi connectivity index (χ4n) is 0.773. The smallest absolute Gasteiger partial charge is 0.306 e. The van der Waals surface area contributed by atoms with Crippen molar-refractivity contribution in [2.75, 3.05) is 4.43 Å².